The van der Waals surface area contributed by atoms with E-state index in [9.17, 15) is 4.79 Å². The molecule has 1 saturated heterocycles. The minimum atomic E-state index is 0.0681. The number of amides is 1. The Morgan fingerprint density at radius 2 is 1.84 bits per heavy atom. The van der Waals surface area contributed by atoms with Crippen molar-refractivity contribution in [3.63, 3.8) is 0 Å². The van der Waals surface area contributed by atoms with Crippen LogP contribution in [0.2, 0.25) is 0 Å². The molecule has 0 N–H and O–H groups in total. The van der Waals surface area contributed by atoms with Crippen LogP contribution in [0.5, 0.6) is 0 Å². The van der Waals surface area contributed by atoms with Crippen LogP contribution in [0.15, 0.2) is 73.1 Å². The zero-order valence-corrected chi connectivity index (χ0v) is 18.0. The second-order valence-electron chi connectivity index (χ2n) is 7.91. The molecule has 0 aliphatic carbocycles. The van der Waals surface area contributed by atoms with Gasteiger partial charge in [0, 0.05) is 36.8 Å². The van der Waals surface area contributed by atoms with E-state index in [1.807, 2.05) is 46.1 Å². The Morgan fingerprint density at radius 3 is 2.65 bits per heavy atom. The van der Waals surface area contributed by atoms with Crippen LogP contribution < -0.4 is 0 Å². The summed E-state index contributed by atoms with van der Waals surface area (Å²) in [6.45, 7) is 2.27. The molecule has 5 rings (SSSR count). The molecular weight excluding hydrogens is 404 g/mol. The Hall–Kier alpha value is -3.25. The quantitative estimate of drug-likeness (QED) is 0.422. The van der Waals surface area contributed by atoms with Gasteiger partial charge in [-0.05, 0) is 36.6 Å². The summed E-state index contributed by atoms with van der Waals surface area (Å²) < 4.78 is 3.13. The summed E-state index contributed by atoms with van der Waals surface area (Å²) in [5.41, 5.74) is 3.22. The van der Waals surface area contributed by atoms with E-state index in [2.05, 4.69) is 35.4 Å². The van der Waals surface area contributed by atoms with Gasteiger partial charge in [-0.15, -0.1) is 11.3 Å². The maximum Gasteiger partial charge on any atom is 0.246 e. The van der Waals surface area contributed by atoms with Gasteiger partial charge < -0.3 is 4.90 Å². The standard InChI is InChI=1S/C25H24N4OS/c30-24(11-10-20-16-26-29(18-20)17-19-6-2-1-3-7-19)28-14-12-21(13-15-28)25-27-22-8-4-5-9-23(22)31-25/h1-11,16,18,21H,12-15,17H2/b11-10+. The molecule has 0 spiro atoms. The van der Waals surface area contributed by atoms with Crippen molar-refractivity contribution in [3.05, 3.63) is 89.2 Å². The van der Waals surface area contributed by atoms with Gasteiger partial charge >= 0.3 is 0 Å². The Morgan fingerprint density at radius 1 is 1.06 bits per heavy atom. The van der Waals surface area contributed by atoms with Gasteiger partial charge in [0.1, 0.15) is 0 Å². The molecule has 31 heavy (non-hydrogen) atoms. The number of hydrogen-bond donors (Lipinski definition) is 0. The molecule has 1 amide bonds. The van der Waals surface area contributed by atoms with Gasteiger partial charge in [-0.3, -0.25) is 9.48 Å². The highest BCUT2D eigenvalue weighted by Gasteiger charge is 2.25. The second-order valence-corrected chi connectivity index (χ2v) is 8.97. The molecule has 1 aliphatic heterocycles. The van der Waals surface area contributed by atoms with Crippen molar-refractivity contribution < 1.29 is 4.79 Å². The molecule has 0 atom stereocenters. The van der Waals surface area contributed by atoms with Crippen LogP contribution in [-0.4, -0.2) is 38.7 Å². The minimum absolute atomic E-state index is 0.0681. The molecule has 6 heteroatoms. The van der Waals surface area contributed by atoms with Crippen LogP contribution in [0.1, 0.15) is 34.9 Å². The van der Waals surface area contributed by atoms with Gasteiger partial charge in [-0.25, -0.2) is 4.98 Å². The zero-order valence-electron chi connectivity index (χ0n) is 17.2. The molecular formula is C25H24N4OS. The molecule has 3 heterocycles. The highest BCUT2D eigenvalue weighted by Crippen LogP contribution is 2.33. The van der Waals surface area contributed by atoms with Crippen LogP contribution >= 0.6 is 11.3 Å². The summed E-state index contributed by atoms with van der Waals surface area (Å²) in [5, 5.41) is 5.60. The second kappa shape index (κ2) is 8.86. The Kier molecular flexibility index (Phi) is 5.63. The van der Waals surface area contributed by atoms with Gasteiger partial charge in [-0.2, -0.15) is 5.10 Å². The lowest BCUT2D eigenvalue weighted by atomic mass is 9.97. The number of benzene rings is 2. The summed E-state index contributed by atoms with van der Waals surface area (Å²) in [7, 11) is 0. The molecule has 2 aromatic heterocycles. The number of piperidine rings is 1. The fraction of sp³-hybridized carbons (Fsp3) is 0.240. The van der Waals surface area contributed by atoms with E-state index in [1.54, 1.807) is 23.6 Å². The average molecular weight is 429 g/mol. The lowest BCUT2D eigenvalue weighted by Crippen LogP contribution is -2.36. The van der Waals surface area contributed by atoms with Crippen molar-refractivity contribution >= 4 is 33.5 Å². The predicted molar refractivity (Wildman–Crippen MR) is 125 cm³/mol. The smallest absolute Gasteiger partial charge is 0.246 e. The van der Waals surface area contributed by atoms with E-state index in [0.29, 0.717) is 5.92 Å². The minimum Gasteiger partial charge on any atom is -0.339 e. The summed E-state index contributed by atoms with van der Waals surface area (Å²) in [5.74, 6) is 0.514. The van der Waals surface area contributed by atoms with Crippen molar-refractivity contribution in [3.8, 4) is 0 Å². The van der Waals surface area contributed by atoms with Gasteiger partial charge in [0.2, 0.25) is 5.91 Å². The number of aromatic nitrogens is 3. The Balaban J connectivity index is 1.16. The van der Waals surface area contributed by atoms with Crippen LogP contribution in [0, 0.1) is 0 Å². The SMILES string of the molecule is O=C(/C=C/c1cnn(Cc2ccccc2)c1)N1CCC(c2nc3ccccc3s2)CC1. The maximum absolute atomic E-state index is 12.7. The fourth-order valence-corrected chi connectivity index (χ4v) is 5.14. The number of carbonyl (C=O) groups excluding carboxylic acids is 1. The Labute approximate surface area is 185 Å². The summed E-state index contributed by atoms with van der Waals surface area (Å²) in [4.78, 5) is 19.4. The topological polar surface area (TPSA) is 51.0 Å². The number of carbonyl (C=O) groups is 1. The van der Waals surface area contributed by atoms with Crippen molar-refractivity contribution in [1.82, 2.24) is 19.7 Å². The van der Waals surface area contributed by atoms with Crippen molar-refractivity contribution in [1.29, 1.82) is 0 Å². The monoisotopic (exact) mass is 428 g/mol. The van der Waals surface area contributed by atoms with Crippen LogP contribution in [0.3, 0.4) is 0 Å². The van der Waals surface area contributed by atoms with Crippen molar-refractivity contribution in [2.24, 2.45) is 0 Å². The normalized spacial score (nSPS) is 15.2. The lowest BCUT2D eigenvalue weighted by Gasteiger charge is -2.30. The van der Waals surface area contributed by atoms with Gasteiger partial charge in [-0.1, -0.05) is 42.5 Å². The van der Waals surface area contributed by atoms with Gasteiger partial charge in [0.05, 0.1) is 28.0 Å². The first-order valence-electron chi connectivity index (χ1n) is 10.6. The van der Waals surface area contributed by atoms with E-state index in [0.717, 1.165) is 43.6 Å². The van der Waals surface area contributed by atoms with Gasteiger partial charge in [0.25, 0.3) is 0 Å². The first-order chi connectivity index (χ1) is 15.2. The molecule has 0 saturated carbocycles. The zero-order chi connectivity index (χ0) is 21.0. The highest BCUT2D eigenvalue weighted by molar-refractivity contribution is 7.18. The van der Waals surface area contributed by atoms with E-state index in [-0.39, 0.29) is 5.91 Å². The average Bonchev–Trinajstić information content (AvgIpc) is 3.45. The summed E-state index contributed by atoms with van der Waals surface area (Å²) in [6.07, 6.45) is 9.23. The van der Waals surface area contributed by atoms with Crippen molar-refractivity contribution in [2.75, 3.05) is 13.1 Å². The summed E-state index contributed by atoms with van der Waals surface area (Å²) >= 11 is 1.79. The number of nitrogens with zero attached hydrogens (tertiary/aromatic N) is 4. The summed E-state index contributed by atoms with van der Waals surface area (Å²) in [6, 6.07) is 18.5. The molecule has 2 aromatic carbocycles. The molecule has 156 valence electrons. The first kappa shape index (κ1) is 19.7. The Bertz CT molecular complexity index is 1170. The van der Waals surface area contributed by atoms with Gasteiger partial charge in [0.15, 0.2) is 0 Å². The molecule has 0 unspecified atom stereocenters. The fourth-order valence-electron chi connectivity index (χ4n) is 4.01. The number of hydrogen-bond acceptors (Lipinski definition) is 4. The number of fused-ring (bicyclic) bond motifs is 1. The van der Waals surface area contributed by atoms with E-state index >= 15 is 0 Å². The van der Waals surface area contributed by atoms with E-state index < -0.39 is 0 Å². The third-order valence-electron chi connectivity index (χ3n) is 5.73. The third-order valence-corrected chi connectivity index (χ3v) is 6.92. The largest absolute Gasteiger partial charge is 0.339 e. The molecule has 5 nitrogen and oxygen atoms in total. The maximum atomic E-state index is 12.7. The van der Waals surface area contributed by atoms with Crippen LogP contribution in [-0.2, 0) is 11.3 Å². The van der Waals surface area contributed by atoms with Crippen molar-refractivity contribution in [2.45, 2.75) is 25.3 Å². The number of para-hydroxylation sites is 1. The van der Waals surface area contributed by atoms with E-state index in [1.165, 1.54) is 15.3 Å². The number of rotatable bonds is 5. The molecule has 1 aliphatic rings. The molecule has 1 fully saturated rings. The van der Waals surface area contributed by atoms with Crippen LogP contribution in [0.4, 0.5) is 0 Å². The van der Waals surface area contributed by atoms with Crippen LogP contribution in [0.25, 0.3) is 16.3 Å². The predicted octanol–water partition coefficient (Wildman–Crippen LogP) is 4.96. The lowest BCUT2D eigenvalue weighted by molar-refractivity contribution is -0.126. The third kappa shape index (κ3) is 4.59. The number of thiazole rings is 1. The highest BCUT2D eigenvalue weighted by atomic mass is 32.1. The molecule has 0 bridgehead atoms. The molecule has 4 aromatic rings. The molecule has 0 radical (unpaired) electrons. The first-order valence-corrected chi connectivity index (χ1v) is 11.4. The van der Waals surface area contributed by atoms with E-state index in [4.69, 9.17) is 4.98 Å². The number of likely N-dealkylation sites (tertiary alicyclic amines) is 1.